The standard InChI is InChI=1S/C16H23NO/c1-4-7-13-18-15-10-8-14(9-11-15)16(6-3)17-12-5-2/h8-11,16-17H,5-6,12-13H2,1-3H3. The molecular weight excluding hydrogens is 222 g/mol. The Morgan fingerprint density at radius 1 is 1.22 bits per heavy atom. The minimum atomic E-state index is 0.439. The van der Waals surface area contributed by atoms with Crippen LogP contribution >= 0.6 is 0 Å². The fourth-order valence-corrected chi connectivity index (χ4v) is 1.80. The first-order valence-electron chi connectivity index (χ1n) is 6.67. The van der Waals surface area contributed by atoms with Crippen molar-refractivity contribution in [3.05, 3.63) is 29.8 Å². The van der Waals surface area contributed by atoms with Gasteiger partial charge in [-0.25, -0.2) is 0 Å². The summed E-state index contributed by atoms with van der Waals surface area (Å²) in [5, 5.41) is 3.54. The Morgan fingerprint density at radius 3 is 2.50 bits per heavy atom. The first-order valence-corrected chi connectivity index (χ1v) is 6.67. The molecule has 2 heteroatoms. The zero-order valence-electron chi connectivity index (χ0n) is 11.6. The minimum absolute atomic E-state index is 0.439. The van der Waals surface area contributed by atoms with Crippen molar-refractivity contribution < 1.29 is 4.74 Å². The van der Waals surface area contributed by atoms with Crippen LogP contribution in [0.15, 0.2) is 24.3 Å². The van der Waals surface area contributed by atoms with Crippen LogP contribution in [0.25, 0.3) is 0 Å². The molecule has 0 amide bonds. The van der Waals surface area contributed by atoms with Gasteiger partial charge in [-0.05, 0) is 44.0 Å². The maximum absolute atomic E-state index is 5.50. The van der Waals surface area contributed by atoms with Crippen molar-refractivity contribution in [3.63, 3.8) is 0 Å². The van der Waals surface area contributed by atoms with Crippen LogP contribution in [-0.4, -0.2) is 13.2 Å². The molecule has 0 spiro atoms. The van der Waals surface area contributed by atoms with Crippen LogP contribution in [-0.2, 0) is 0 Å². The molecule has 0 aliphatic rings. The van der Waals surface area contributed by atoms with Crippen molar-refractivity contribution in [2.45, 2.75) is 39.7 Å². The summed E-state index contributed by atoms with van der Waals surface area (Å²) in [7, 11) is 0. The topological polar surface area (TPSA) is 21.3 Å². The van der Waals surface area contributed by atoms with Crippen molar-refractivity contribution in [2.24, 2.45) is 0 Å². The summed E-state index contributed by atoms with van der Waals surface area (Å²) in [6.45, 7) is 7.72. The monoisotopic (exact) mass is 245 g/mol. The second-order valence-corrected chi connectivity index (χ2v) is 4.20. The molecule has 1 aromatic carbocycles. The van der Waals surface area contributed by atoms with E-state index in [1.165, 1.54) is 5.56 Å². The number of hydrogen-bond acceptors (Lipinski definition) is 2. The van der Waals surface area contributed by atoms with E-state index in [9.17, 15) is 0 Å². The van der Waals surface area contributed by atoms with Gasteiger partial charge in [0.1, 0.15) is 12.4 Å². The number of rotatable bonds is 7. The van der Waals surface area contributed by atoms with Crippen LogP contribution in [0.2, 0.25) is 0 Å². The van der Waals surface area contributed by atoms with Crippen molar-refractivity contribution >= 4 is 0 Å². The minimum Gasteiger partial charge on any atom is -0.481 e. The normalized spacial score (nSPS) is 11.5. The Morgan fingerprint density at radius 2 is 1.94 bits per heavy atom. The number of benzene rings is 1. The Kier molecular flexibility index (Phi) is 6.98. The van der Waals surface area contributed by atoms with Crippen LogP contribution in [0.1, 0.15) is 45.2 Å². The highest BCUT2D eigenvalue weighted by Gasteiger charge is 2.07. The predicted molar refractivity (Wildman–Crippen MR) is 76.7 cm³/mol. The van der Waals surface area contributed by atoms with Gasteiger partial charge in [0.05, 0.1) is 0 Å². The Bertz CT molecular complexity index is 386. The third-order valence-corrected chi connectivity index (χ3v) is 2.82. The van der Waals surface area contributed by atoms with Crippen molar-refractivity contribution in [1.29, 1.82) is 0 Å². The largest absolute Gasteiger partial charge is 0.481 e. The lowest BCUT2D eigenvalue weighted by atomic mass is 10.0. The van der Waals surface area contributed by atoms with E-state index >= 15 is 0 Å². The van der Waals surface area contributed by atoms with E-state index in [2.05, 4.69) is 43.1 Å². The van der Waals surface area contributed by atoms with E-state index in [0.29, 0.717) is 12.6 Å². The second kappa shape index (κ2) is 8.60. The van der Waals surface area contributed by atoms with Gasteiger partial charge in [-0.1, -0.05) is 31.9 Å². The van der Waals surface area contributed by atoms with Crippen LogP contribution in [0.5, 0.6) is 5.75 Å². The van der Waals surface area contributed by atoms with Crippen LogP contribution in [0.4, 0.5) is 0 Å². The summed E-state index contributed by atoms with van der Waals surface area (Å²) in [5.41, 5.74) is 1.32. The number of hydrogen-bond donors (Lipinski definition) is 1. The maximum atomic E-state index is 5.50. The molecular formula is C16H23NO. The highest BCUT2D eigenvalue weighted by molar-refractivity contribution is 5.29. The van der Waals surface area contributed by atoms with Gasteiger partial charge in [0.25, 0.3) is 0 Å². The van der Waals surface area contributed by atoms with Crippen LogP contribution < -0.4 is 10.1 Å². The van der Waals surface area contributed by atoms with E-state index in [4.69, 9.17) is 4.74 Å². The SMILES string of the molecule is CC#CCOc1ccc(C(CC)NCCC)cc1. The van der Waals surface area contributed by atoms with Gasteiger partial charge >= 0.3 is 0 Å². The fraction of sp³-hybridized carbons (Fsp3) is 0.500. The van der Waals surface area contributed by atoms with E-state index in [1.807, 2.05) is 19.1 Å². The molecule has 0 heterocycles. The highest BCUT2D eigenvalue weighted by atomic mass is 16.5. The first-order chi connectivity index (χ1) is 8.81. The van der Waals surface area contributed by atoms with E-state index < -0.39 is 0 Å². The average molecular weight is 245 g/mol. The lowest BCUT2D eigenvalue weighted by Crippen LogP contribution is -2.21. The predicted octanol–water partition coefficient (Wildman–Crippen LogP) is 3.54. The zero-order valence-corrected chi connectivity index (χ0v) is 11.6. The van der Waals surface area contributed by atoms with Gasteiger partial charge in [0.15, 0.2) is 0 Å². The molecule has 0 aliphatic carbocycles. The second-order valence-electron chi connectivity index (χ2n) is 4.20. The van der Waals surface area contributed by atoms with Crippen LogP contribution in [0.3, 0.4) is 0 Å². The Balaban J connectivity index is 2.58. The van der Waals surface area contributed by atoms with E-state index in [-0.39, 0.29) is 0 Å². The molecule has 1 atom stereocenters. The van der Waals surface area contributed by atoms with Gasteiger partial charge in [-0.2, -0.15) is 0 Å². The third kappa shape index (κ3) is 4.81. The molecule has 0 saturated carbocycles. The summed E-state index contributed by atoms with van der Waals surface area (Å²) in [4.78, 5) is 0. The Hall–Kier alpha value is -1.46. The quantitative estimate of drug-likeness (QED) is 0.742. The molecule has 0 radical (unpaired) electrons. The average Bonchev–Trinajstić information content (AvgIpc) is 2.41. The molecule has 1 aromatic rings. The lowest BCUT2D eigenvalue weighted by molar-refractivity contribution is 0.370. The van der Waals surface area contributed by atoms with E-state index in [0.717, 1.165) is 25.1 Å². The summed E-state index contributed by atoms with van der Waals surface area (Å²) in [6.07, 6.45) is 2.26. The lowest BCUT2D eigenvalue weighted by Gasteiger charge is -2.17. The molecule has 98 valence electrons. The van der Waals surface area contributed by atoms with Gasteiger partial charge in [-0.15, -0.1) is 5.92 Å². The molecule has 0 aliphatic heterocycles. The molecule has 1 rings (SSSR count). The van der Waals surface area contributed by atoms with E-state index in [1.54, 1.807) is 0 Å². The van der Waals surface area contributed by atoms with Gasteiger partial charge in [0, 0.05) is 6.04 Å². The molecule has 0 bridgehead atoms. The maximum Gasteiger partial charge on any atom is 0.149 e. The van der Waals surface area contributed by atoms with Crippen LogP contribution in [0, 0.1) is 11.8 Å². The smallest absolute Gasteiger partial charge is 0.149 e. The summed E-state index contributed by atoms with van der Waals surface area (Å²) in [5.74, 6) is 6.58. The number of ether oxygens (including phenoxy) is 1. The van der Waals surface area contributed by atoms with Crippen molar-refractivity contribution in [1.82, 2.24) is 5.32 Å². The van der Waals surface area contributed by atoms with Gasteiger partial charge < -0.3 is 10.1 Å². The molecule has 0 fully saturated rings. The molecule has 2 nitrogen and oxygen atoms in total. The molecule has 1 N–H and O–H groups in total. The molecule has 0 aromatic heterocycles. The van der Waals surface area contributed by atoms with Crippen molar-refractivity contribution in [2.75, 3.05) is 13.2 Å². The third-order valence-electron chi connectivity index (χ3n) is 2.82. The molecule has 0 saturated heterocycles. The summed E-state index contributed by atoms with van der Waals surface area (Å²) in [6, 6.07) is 8.73. The first kappa shape index (κ1) is 14.6. The fourth-order valence-electron chi connectivity index (χ4n) is 1.80. The van der Waals surface area contributed by atoms with Gasteiger partial charge in [-0.3, -0.25) is 0 Å². The highest BCUT2D eigenvalue weighted by Crippen LogP contribution is 2.20. The zero-order chi connectivity index (χ0) is 13.2. The Labute approximate surface area is 111 Å². The molecule has 1 unspecified atom stereocenters. The summed E-state index contributed by atoms with van der Waals surface area (Å²) >= 11 is 0. The van der Waals surface area contributed by atoms with Gasteiger partial charge in [0.2, 0.25) is 0 Å². The number of nitrogens with one attached hydrogen (secondary N) is 1. The molecule has 18 heavy (non-hydrogen) atoms. The van der Waals surface area contributed by atoms with Crippen molar-refractivity contribution in [3.8, 4) is 17.6 Å². The summed E-state index contributed by atoms with van der Waals surface area (Å²) < 4.78 is 5.50.